The van der Waals surface area contributed by atoms with E-state index in [0.717, 1.165) is 12.2 Å². The van der Waals surface area contributed by atoms with Crippen LogP contribution in [0.3, 0.4) is 0 Å². The second-order valence-corrected chi connectivity index (χ2v) is 6.95. The Kier molecular flexibility index (Phi) is 6.35. The average molecular weight is 372 g/mol. The topological polar surface area (TPSA) is 59.0 Å². The van der Waals surface area contributed by atoms with E-state index in [-0.39, 0.29) is 23.2 Å². The van der Waals surface area contributed by atoms with Gasteiger partial charge in [-0.25, -0.2) is 9.78 Å². The van der Waals surface area contributed by atoms with Gasteiger partial charge in [-0.15, -0.1) is 0 Å². The molecular formula is C16H19F3N4OS. The standard InChI is InChI=1S/C16H19F3N4OS/c1-11(2)9-23-10-20-7-13(23)8-21-15(24)22-12-4-3-5-14(6-12)25-16(17,18)19/h3-7,10-11H,8-9H2,1-2H3,(H2,21,22,24). The molecule has 0 aliphatic rings. The van der Waals surface area contributed by atoms with Gasteiger partial charge in [0, 0.05) is 23.3 Å². The molecule has 0 radical (unpaired) electrons. The van der Waals surface area contributed by atoms with Crippen molar-refractivity contribution in [2.45, 2.75) is 37.3 Å². The van der Waals surface area contributed by atoms with Crippen LogP contribution in [0.25, 0.3) is 0 Å². The lowest BCUT2D eigenvalue weighted by molar-refractivity contribution is -0.0328. The van der Waals surface area contributed by atoms with Crippen molar-refractivity contribution < 1.29 is 18.0 Å². The summed E-state index contributed by atoms with van der Waals surface area (Å²) in [5.74, 6) is 0.440. The Morgan fingerprint density at radius 3 is 2.80 bits per heavy atom. The molecule has 2 N–H and O–H groups in total. The maximum Gasteiger partial charge on any atom is 0.446 e. The molecule has 0 spiro atoms. The van der Waals surface area contributed by atoms with Crippen LogP contribution in [0.5, 0.6) is 0 Å². The molecule has 2 aromatic rings. The lowest BCUT2D eigenvalue weighted by Crippen LogP contribution is -2.29. The number of rotatable bonds is 6. The smallest absolute Gasteiger partial charge is 0.333 e. The second-order valence-electron chi connectivity index (χ2n) is 5.81. The highest BCUT2D eigenvalue weighted by atomic mass is 32.2. The molecule has 1 aromatic carbocycles. The van der Waals surface area contributed by atoms with Crippen molar-refractivity contribution in [3.05, 3.63) is 42.5 Å². The number of nitrogens with one attached hydrogen (secondary N) is 2. The normalized spacial score (nSPS) is 11.6. The fourth-order valence-electron chi connectivity index (χ4n) is 2.17. The van der Waals surface area contributed by atoms with Crippen LogP contribution in [0.4, 0.5) is 23.7 Å². The first-order valence-electron chi connectivity index (χ1n) is 7.62. The Balaban J connectivity index is 1.90. The molecule has 136 valence electrons. The molecule has 5 nitrogen and oxygen atoms in total. The highest BCUT2D eigenvalue weighted by molar-refractivity contribution is 8.00. The number of carbonyl (C=O) groups is 1. The third-order valence-electron chi connectivity index (χ3n) is 3.12. The fraction of sp³-hybridized carbons (Fsp3) is 0.375. The van der Waals surface area contributed by atoms with Gasteiger partial charge in [0.15, 0.2) is 0 Å². The van der Waals surface area contributed by atoms with Crippen LogP contribution < -0.4 is 10.6 Å². The van der Waals surface area contributed by atoms with Crippen LogP contribution in [0, 0.1) is 5.92 Å². The number of nitrogens with zero attached hydrogens (tertiary/aromatic N) is 2. The van der Waals surface area contributed by atoms with Gasteiger partial charge < -0.3 is 15.2 Å². The van der Waals surface area contributed by atoms with Crippen molar-refractivity contribution in [2.75, 3.05) is 5.32 Å². The first kappa shape index (κ1) is 19.2. The molecule has 0 bridgehead atoms. The molecule has 0 aliphatic heterocycles. The van der Waals surface area contributed by atoms with E-state index < -0.39 is 11.5 Å². The van der Waals surface area contributed by atoms with E-state index in [9.17, 15) is 18.0 Å². The van der Waals surface area contributed by atoms with Crippen LogP contribution in [0.1, 0.15) is 19.5 Å². The maximum atomic E-state index is 12.4. The Morgan fingerprint density at radius 2 is 2.12 bits per heavy atom. The summed E-state index contributed by atoms with van der Waals surface area (Å²) in [5.41, 5.74) is -3.22. The summed E-state index contributed by atoms with van der Waals surface area (Å²) in [7, 11) is 0. The lowest BCUT2D eigenvalue weighted by Gasteiger charge is -2.12. The first-order chi connectivity index (χ1) is 11.7. The summed E-state index contributed by atoms with van der Waals surface area (Å²) in [6.07, 6.45) is 3.37. The number of anilines is 1. The lowest BCUT2D eigenvalue weighted by atomic mass is 10.2. The zero-order valence-electron chi connectivity index (χ0n) is 13.8. The van der Waals surface area contributed by atoms with Gasteiger partial charge in [0.25, 0.3) is 0 Å². The van der Waals surface area contributed by atoms with Crippen LogP contribution in [-0.2, 0) is 13.1 Å². The number of imidazole rings is 1. The SMILES string of the molecule is CC(C)Cn1cncc1CNC(=O)Nc1cccc(SC(F)(F)F)c1. The zero-order chi connectivity index (χ0) is 18.4. The minimum Gasteiger partial charge on any atom is -0.333 e. The Morgan fingerprint density at radius 1 is 1.36 bits per heavy atom. The molecule has 0 fully saturated rings. The second kappa shape index (κ2) is 8.28. The largest absolute Gasteiger partial charge is 0.446 e. The maximum absolute atomic E-state index is 12.4. The van der Waals surface area contributed by atoms with Gasteiger partial charge in [0.2, 0.25) is 0 Å². The van der Waals surface area contributed by atoms with E-state index in [0.29, 0.717) is 11.6 Å². The van der Waals surface area contributed by atoms with E-state index in [1.807, 2.05) is 4.57 Å². The van der Waals surface area contributed by atoms with Crippen molar-refractivity contribution >= 4 is 23.5 Å². The number of benzene rings is 1. The van der Waals surface area contributed by atoms with Gasteiger partial charge in [-0.2, -0.15) is 13.2 Å². The van der Waals surface area contributed by atoms with Gasteiger partial charge in [-0.3, -0.25) is 0 Å². The van der Waals surface area contributed by atoms with Crippen LogP contribution >= 0.6 is 11.8 Å². The number of hydrogen-bond acceptors (Lipinski definition) is 3. The van der Waals surface area contributed by atoms with Crippen molar-refractivity contribution in [1.82, 2.24) is 14.9 Å². The molecule has 0 unspecified atom stereocenters. The summed E-state index contributed by atoms with van der Waals surface area (Å²) in [5, 5.41) is 5.21. The average Bonchev–Trinajstić information content (AvgIpc) is 2.90. The van der Waals surface area contributed by atoms with Gasteiger partial charge in [-0.05, 0) is 35.9 Å². The predicted octanol–water partition coefficient (Wildman–Crippen LogP) is 4.47. The molecule has 2 rings (SSSR count). The zero-order valence-corrected chi connectivity index (χ0v) is 14.6. The number of alkyl halides is 3. The predicted molar refractivity (Wildman–Crippen MR) is 91.3 cm³/mol. The number of urea groups is 1. The summed E-state index contributed by atoms with van der Waals surface area (Å²) in [6.45, 7) is 5.22. The molecule has 0 aliphatic carbocycles. The first-order valence-corrected chi connectivity index (χ1v) is 8.44. The summed E-state index contributed by atoms with van der Waals surface area (Å²) >= 11 is -0.222. The molecule has 25 heavy (non-hydrogen) atoms. The molecule has 0 saturated heterocycles. The molecule has 9 heteroatoms. The molecular weight excluding hydrogens is 353 g/mol. The Hall–Kier alpha value is -2.16. The van der Waals surface area contributed by atoms with E-state index in [1.165, 1.54) is 24.3 Å². The molecule has 2 amide bonds. The Labute approximate surface area is 148 Å². The molecule has 1 heterocycles. The van der Waals surface area contributed by atoms with E-state index >= 15 is 0 Å². The van der Waals surface area contributed by atoms with Gasteiger partial charge >= 0.3 is 11.5 Å². The third kappa shape index (κ3) is 6.69. The Bertz CT molecular complexity index is 715. The number of thioether (sulfide) groups is 1. The minimum atomic E-state index is -4.37. The van der Waals surface area contributed by atoms with Crippen LogP contribution in [0.2, 0.25) is 0 Å². The van der Waals surface area contributed by atoms with Crippen molar-refractivity contribution in [3.8, 4) is 0 Å². The number of aromatic nitrogens is 2. The third-order valence-corrected chi connectivity index (χ3v) is 3.84. The number of halogens is 3. The van der Waals surface area contributed by atoms with E-state index in [4.69, 9.17) is 0 Å². The summed E-state index contributed by atoms with van der Waals surface area (Å²) in [4.78, 5) is 16.0. The molecule has 0 saturated carbocycles. The van der Waals surface area contributed by atoms with Gasteiger partial charge in [0.05, 0.1) is 18.6 Å². The van der Waals surface area contributed by atoms with Gasteiger partial charge in [-0.1, -0.05) is 19.9 Å². The summed E-state index contributed by atoms with van der Waals surface area (Å²) < 4.78 is 39.1. The highest BCUT2D eigenvalue weighted by Crippen LogP contribution is 2.37. The van der Waals surface area contributed by atoms with Gasteiger partial charge in [0.1, 0.15) is 0 Å². The van der Waals surface area contributed by atoms with Crippen molar-refractivity contribution in [3.63, 3.8) is 0 Å². The fourth-order valence-corrected chi connectivity index (χ4v) is 2.77. The summed E-state index contributed by atoms with van der Waals surface area (Å²) in [6, 6.07) is 5.11. The minimum absolute atomic E-state index is 0.0142. The highest BCUT2D eigenvalue weighted by Gasteiger charge is 2.29. The van der Waals surface area contributed by atoms with Crippen LogP contribution in [0.15, 0.2) is 41.7 Å². The molecule has 1 aromatic heterocycles. The van der Waals surface area contributed by atoms with Crippen molar-refractivity contribution in [2.24, 2.45) is 5.92 Å². The van der Waals surface area contributed by atoms with Crippen LogP contribution in [-0.4, -0.2) is 21.1 Å². The number of hydrogen-bond donors (Lipinski definition) is 2. The van der Waals surface area contributed by atoms with Crippen molar-refractivity contribution in [1.29, 1.82) is 0 Å². The van der Waals surface area contributed by atoms with E-state index in [2.05, 4.69) is 29.5 Å². The monoisotopic (exact) mass is 372 g/mol. The number of carbonyl (C=O) groups excluding carboxylic acids is 1. The van der Waals surface area contributed by atoms with E-state index in [1.54, 1.807) is 12.5 Å². The molecule has 0 atom stereocenters. The number of amides is 2. The quantitative estimate of drug-likeness (QED) is 0.736.